The van der Waals surface area contributed by atoms with E-state index in [9.17, 15) is 9.59 Å². The monoisotopic (exact) mass is 222 g/mol. The molecule has 0 N–H and O–H groups in total. The third kappa shape index (κ3) is 2.39. The molecule has 0 aliphatic carbocycles. The summed E-state index contributed by atoms with van der Waals surface area (Å²) in [6, 6.07) is 3.39. The Morgan fingerprint density at radius 1 is 1.56 bits per heavy atom. The van der Waals surface area contributed by atoms with Crippen LogP contribution in [0.15, 0.2) is 35.5 Å². The summed E-state index contributed by atoms with van der Waals surface area (Å²) in [5.41, 5.74) is 0. The molecule has 0 aliphatic heterocycles. The Morgan fingerprint density at radius 2 is 2.25 bits per heavy atom. The molecule has 1 rings (SSSR count). The second-order valence-electron chi connectivity index (χ2n) is 3.39. The van der Waals surface area contributed by atoms with Gasteiger partial charge >= 0.3 is 5.97 Å². The Kier molecular flexibility index (Phi) is 4.05. The lowest BCUT2D eigenvalue weighted by Crippen LogP contribution is -2.28. The molecule has 4 heteroatoms. The van der Waals surface area contributed by atoms with Gasteiger partial charge in [0.15, 0.2) is 0 Å². The molecule has 0 spiro atoms. The molecule has 0 amide bonds. The topological polar surface area (TPSA) is 56.5 Å². The molecular formula is C12H14O4. The van der Waals surface area contributed by atoms with Crippen molar-refractivity contribution in [3.63, 3.8) is 0 Å². The third-order valence-electron chi connectivity index (χ3n) is 2.38. The number of allylic oxidation sites excluding steroid dienone is 1. The first-order valence-corrected chi connectivity index (χ1v) is 4.86. The number of esters is 1. The molecule has 16 heavy (non-hydrogen) atoms. The number of ether oxygens (including phenoxy) is 1. The van der Waals surface area contributed by atoms with E-state index in [2.05, 4.69) is 11.3 Å². The zero-order chi connectivity index (χ0) is 12.1. The van der Waals surface area contributed by atoms with Crippen molar-refractivity contribution in [2.75, 3.05) is 7.11 Å². The van der Waals surface area contributed by atoms with Crippen molar-refractivity contribution in [2.45, 2.75) is 12.8 Å². The average Bonchev–Trinajstić information content (AvgIpc) is 2.77. The first kappa shape index (κ1) is 12.2. The largest absolute Gasteiger partial charge is 0.469 e. The molecular weight excluding hydrogens is 208 g/mol. The highest BCUT2D eigenvalue weighted by atomic mass is 16.5. The fourth-order valence-corrected chi connectivity index (χ4v) is 1.59. The summed E-state index contributed by atoms with van der Waals surface area (Å²) in [6.45, 7) is 4.97. The van der Waals surface area contributed by atoms with Gasteiger partial charge < -0.3 is 9.15 Å². The summed E-state index contributed by atoms with van der Waals surface area (Å²) in [5, 5.41) is 0. The second-order valence-corrected chi connectivity index (χ2v) is 3.39. The predicted molar refractivity (Wildman–Crippen MR) is 57.8 cm³/mol. The van der Waals surface area contributed by atoms with E-state index in [-0.39, 0.29) is 5.78 Å². The maximum absolute atomic E-state index is 11.5. The SMILES string of the molecule is C=CC(c1ccco1)C(C(C)=O)C(=O)OC. The molecule has 0 saturated heterocycles. The normalized spacial score (nSPS) is 13.9. The van der Waals surface area contributed by atoms with E-state index in [0.717, 1.165) is 0 Å². The van der Waals surface area contributed by atoms with E-state index in [1.54, 1.807) is 12.1 Å². The maximum Gasteiger partial charge on any atom is 0.317 e. The number of furan rings is 1. The van der Waals surface area contributed by atoms with E-state index in [0.29, 0.717) is 5.76 Å². The van der Waals surface area contributed by atoms with E-state index >= 15 is 0 Å². The number of methoxy groups -OCH3 is 1. The molecule has 2 atom stereocenters. The van der Waals surface area contributed by atoms with Crippen molar-refractivity contribution >= 4 is 11.8 Å². The minimum atomic E-state index is -0.895. The van der Waals surface area contributed by atoms with Gasteiger partial charge in [-0.3, -0.25) is 9.59 Å². The standard InChI is InChI=1S/C12H14O4/c1-4-9(10-6-5-7-16-10)11(8(2)13)12(14)15-3/h4-7,9,11H,1H2,2-3H3. The number of rotatable bonds is 5. The van der Waals surface area contributed by atoms with E-state index in [1.807, 2.05) is 0 Å². The molecule has 1 heterocycles. The maximum atomic E-state index is 11.5. The van der Waals surface area contributed by atoms with E-state index < -0.39 is 17.8 Å². The lowest BCUT2D eigenvalue weighted by atomic mass is 9.87. The number of hydrogen-bond acceptors (Lipinski definition) is 4. The number of hydrogen-bond donors (Lipinski definition) is 0. The van der Waals surface area contributed by atoms with Crippen molar-refractivity contribution < 1.29 is 18.7 Å². The van der Waals surface area contributed by atoms with Gasteiger partial charge in [-0.25, -0.2) is 0 Å². The van der Waals surface area contributed by atoms with Crippen molar-refractivity contribution in [2.24, 2.45) is 5.92 Å². The first-order valence-electron chi connectivity index (χ1n) is 4.86. The highest BCUT2D eigenvalue weighted by Crippen LogP contribution is 2.28. The van der Waals surface area contributed by atoms with Gasteiger partial charge in [-0.15, -0.1) is 6.58 Å². The molecule has 0 aromatic carbocycles. The Labute approximate surface area is 93.9 Å². The van der Waals surface area contributed by atoms with Gasteiger partial charge in [0, 0.05) is 0 Å². The Hall–Kier alpha value is -1.84. The van der Waals surface area contributed by atoms with Gasteiger partial charge in [0.05, 0.1) is 19.3 Å². The summed E-state index contributed by atoms with van der Waals surface area (Å²) in [4.78, 5) is 23.0. The summed E-state index contributed by atoms with van der Waals surface area (Å²) in [7, 11) is 1.25. The highest BCUT2D eigenvalue weighted by Gasteiger charge is 2.34. The quantitative estimate of drug-likeness (QED) is 0.434. The van der Waals surface area contributed by atoms with Crippen LogP contribution in [-0.2, 0) is 14.3 Å². The molecule has 0 fully saturated rings. The van der Waals surface area contributed by atoms with Gasteiger partial charge in [0.25, 0.3) is 0 Å². The van der Waals surface area contributed by atoms with Crippen molar-refractivity contribution in [3.8, 4) is 0 Å². The van der Waals surface area contributed by atoms with Gasteiger partial charge in [-0.2, -0.15) is 0 Å². The number of carbonyl (C=O) groups is 2. The van der Waals surface area contributed by atoms with Crippen LogP contribution in [0.5, 0.6) is 0 Å². The lowest BCUT2D eigenvalue weighted by molar-refractivity contribution is -0.149. The van der Waals surface area contributed by atoms with Crippen LogP contribution in [0.25, 0.3) is 0 Å². The molecule has 0 aliphatic rings. The summed E-state index contributed by atoms with van der Waals surface area (Å²) < 4.78 is 9.79. The van der Waals surface area contributed by atoms with Crippen molar-refractivity contribution in [1.29, 1.82) is 0 Å². The lowest BCUT2D eigenvalue weighted by Gasteiger charge is -2.17. The molecule has 2 unspecified atom stereocenters. The van der Waals surface area contributed by atoms with Crippen LogP contribution in [0.1, 0.15) is 18.6 Å². The molecule has 0 saturated carbocycles. The Morgan fingerprint density at radius 3 is 2.62 bits per heavy atom. The summed E-state index contributed by atoms with van der Waals surface area (Å²) in [6.07, 6.45) is 3.00. The van der Waals surface area contributed by atoms with Crippen LogP contribution in [0.2, 0.25) is 0 Å². The smallest absolute Gasteiger partial charge is 0.317 e. The fourth-order valence-electron chi connectivity index (χ4n) is 1.59. The number of ketones is 1. The summed E-state index contributed by atoms with van der Waals surface area (Å²) >= 11 is 0. The molecule has 0 bridgehead atoms. The van der Waals surface area contributed by atoms with Crippen molar-refractivity contribution in [3.05, 3.63) is 36.8 Å². The molecule has 1 aromatic rings. The zero-order valence-electron chi connectivity index (χ0n) is 9.30. The molecule has 86 valence electrons. The van der Waals surface area contributed by atoms with Gasteiger partial charge in [-0.05, 0) is 19.1 Å². The molecule has 0 radical (unpaired) electrons. The van der Waals surface area contributed by atoms with Crippen LogP contribution >= 0.6 is 0 Å². The average molecular weight is 222 g/mol. The first-order chi connectivity index (χ1) is 7.61. The van der Waals surface area contributed by atoms with Crippen LogP contribution in [0, 0.1) is 5.92 Å². The zero-order valence-corrected chi connectivity index (χ0v) is 9.30. The summed E-state index contributed by atoms with van der Waals surface area (Å²) in [5.74, 6) is -1.70. The third-order valence-corrected chi connectivity index (χ3v) is 2.38. The predicted octanol–water partition coefficient (Wildman–Crippen LogP) is 1.93. The van der Waals surface area contributed by atoms with Crippen LogP contribution in [0.4, 0.5) is 0 Å². The van der Waals surface area contributed by atoms with Gasteiger partial charge in [-0.1, -0.05) is 6.08 Å². The highest BCUT2D eigenvalue weighted by molar-refractivity contribution is 5.99. The minimum Gasteiger partial charge on any atom is -0.469 e. The Bertz CT molecular complexity index is 378. The van der Waals surface area contributed by atoms with E-state index in [4.69, 9.17) is 4.42 Å². The number of carbonyl (C=O) groups excluding carboxylic acids is 2. The second kappa shape index (κ2) is 5.30. The Balaban J connectivity index is 3.04. The number of Topliss-reactive ketones (excluding diaryl/α,β-unsaturated/α-hetero) is 1. The van der Waals surface area contributed by atoms with Crippen LogP contribution in [0.3, 0.4) is 0 Å². The fraction of sp³-hybridized carbons (Fsp3) is 0.333. The molecule has 4 nitrogen and oxygen atoms in total. The van der Waals surface area contributed by atoms with Crippen LogP contribution in [-0.4, -0.2) is 18.9 Å². The van der Waals surface area contributed by atoms with E-state index in [1.165, 1.54) is 26.4 Å². The van der Waals surface area contributed by atoms with Crippen molar-refractivity contribution in [1.82, 2.24) is 0 Å². The molecule has 1 aromatic heterocycles. The van der Waals surface area contributed by atoms with Crippen LogP contribution < -0.4 is 0 Å². The minimum absolute atomic E-state index is 0.270. The van der Waals surface area contributed by atoms with Gasteiger partial charge in [0.1, 0.15) is 17.5 Å². The van der Waals surface area contributed by atoms with Gasteiger partial charge in [0.2, 0.25) is 0 Å².